The summed E-state index contributed by atoms with van der Waals surface area (Å²) in [5.41, 5.74) is -0.0792. The van der Waals surface area contributed by atoms with Crippen molar-refractivity contribution in [1.82, 2.24) is 4.90 Å². The van der Waals surface area contributed by atoms with Gasteiger partial charge < -0.3 is 5.11 Å². The minimum Gasteiger partial charge on any atom is -0.394 e. The number of hydrogen-bond donors (Lipinski definition) is 1. The van der Waals surface area contributed by atoms with Gasteiger partial charge in [-0.25, -0.2) is 0 Å². The maximum absolute atomic E-state index is 9.56. The third kappa shape index (κ3) is 2.96. The van der Waals surface area contributed by atoms with Gasteiger partial charge in [-0.05, 0) is 39.7 Å². The van der Waals surface area contributed by atoms with Crippen LogP contribution in [-0.2, 0) is 0 Å². The van der Waals surface area contributed by atoms with Crippen LogP contribution >= 0.6 is 0 Å². The van der Waals surface area contributed by atoms with Crippen LogP contribution in [0.1, 0.15) is 48.0 Å². The first-order valence-electron chi connectivity index (χ1n) is 5.77. The van der Waals surface area contributed by atoms with Crippen LogP contribution < -0.4 is 0 Å². The molecule has 0 aliphatic rings. The van der Waals surface area contributed by atoms with E-state index in [9.17, 15) is 5.11 Å². The second-order valence-electron chi connectivity index (χ2n) is 4.96. The summed E-state index contributed by atoms with van der Waals surface area (Å²) in [5, 5.41) is 9.56. The molecule has 1 N–H and O–H groups in total. The number of hydrogen-bond acceptors (Lipinski definition) is 2. The summed E-state index contributed by atoms with van der Waals surface area (Å²) in [6.45, 7) is 14.4. The van der Waals surface area contributed by atoms with E-state index >= 15 is 0 Å². The highest BCUT2D eigenvalue weighted by Crippen LogP contribution is 2.26. The van der Waals surface area contributed by atoms with E-state index in [1.807, 2.05) is 0 Å². The van der Waals surface area contributed by atoms with Crippen molar-refractivity contribution in [2.45, 2.75) is 59.5 Å². The molecule has 1 atom stereocenters. The molecule has 0 aromatic heterocycles. The van der Waals surface area contributed by atoms with Crippen molar-refractivity contribution in [3.63, 3.8) is 0 Å². The molecule has 0 bridgehead atoms. The molecule has 0 aliphatic heterocycles. The first-order chi connectivity index (χ1) is 6.40. The zero-order valence-electron chi connectivity index (χ0n) is 10.7. The van der Waals surface area contributed by atoms with E-state index in [1.165, 1.54) is 0 Å². The van der Waals surface area contributed by atoms with E-state index in [0.717, 1.165) is 13.0 Å². The van der Waals surface area contributed by atoms with Gasteiger partial charge in [-0.3, -0.25) is 4.90 Å². The fourth-order valence-corrected chi connectivity index (χ4v) is 1.95. The van der Waals surface area contributed by atoms with Crippen molar-refractivity contribution in [2.24, 2.45) is 5.92 Å². The molecule has 0 aromatic carbocycles. The van der Waals surface area contributed by atoms with Crippen molar-refractivity contribution in [1.29, 1.82) is 0 Å². The highest BCUT2D eigenvalue weighted by atomic mass is 16.3. The summed E-state index contributed by atoms with van der Waals surface area (Å²) in [6, 6.07) is 0.495. The van der Waals surface area contributed by atoms with Crippen molar-refractivity contribution in [2.75, 3.05) is 13.2 Å². The van der Waals surface area contributed by atoms with Crippen LogP contribution in [0.5, 0.6) is 0 Å². The number of rotatable bonds is 6. The molecule has 0 radical (unpaired) electrons. The van der Waals surface area contributed by atoms with Crippen molar-refractivity contribution < 1.29 is 5.11 Å². The third-order valence-electron chi connectivity index (χ3n) is 3.31. The second kappa shape index (κ2) is 5.72. The first kappa shape index (κ1) is 13.9. The molecular weight excluding hydrogens is 174 g/mol. The SMILES string of the molecule is CCCN(C(C)C)C(C)(CO)C(C)C. The maximum atomic E-state index is 9.56. The Morgan fingerprint density at radius 1 is 1.21 bits per heavy atom. The van der Waals surface area contributed by atoms with Crippen molar-refractivity contribution in [3.8, 4) is 0 Å². The molecule has 0 aliphatic carbocycles. The van der Waals surface area contributed by atoms with Crippen LogP contribution in [0.25, 0.3) is 0 Å². The van der Waals surface area contributed by atoms with Crippen LogP contribution in [0.4, 0.5) is 0 Å². The van der Waals surface area contributed by atoms with Gasteiger partial charge in [-0.2, -0.15) is 0 Å². The number of nitrogens with zero attached hydrogens (tertiary/aromatic N) is 1. The fourth-order valence-electron chi connectivity index (χ4n) is 1.95. The lowest BCUT2D eigenvalue weighted by atomic mass is 9.86. The topological polar surface area (TPSA) is 23.5 Å². The summed E-state index contributed by atoms with van der Waals surface area (Å²) >= 11 is 0. The highest BCUT2D eigenvalue weighted by Gasteiger charge is 2.35. The number of aliphatic hydroxyl groups excluding tert-OH is 1. The molecule has 0 heterocycles. The van der Waals surface area contributed by atoms with Gasteiger partial charge in [-0.1, -0.05) is 20.8 Å². The standard InChI is InChI=1S/C12H27NO/c1-7-8-13(11(4)5)12(6,9-14)10(2)3/h10-11,14H,7-9H2,1-6H3. The average Bonchev–Trinajstić information content (AvgIpc) is 2.12. The second-order valence-corrected chi connectivity index (χ2v) is 4.96. The molecule has 1 unspecified atom stereocenters. The molecule has 86 valence electrons. The lowest BCUT2D eigenvalue weighted by Crippen LogP contribution is -2.56. The Morgan fingerprint density at radius 2 is 1.71 bits per heavy atom. The lowest BCUT2D eigenvalue weighted by Gasteiger charge is -2.45. The van der Waals surface area contributed by atoms with Gasteiger partial charge in [0.15, 0.2) is 0 Å². The normalized spacial score (nSPS) is 16.7. The maximum Gasteiger partial charge on any atom is 0.0615 e. The van der Waals surface area contributed by atoms with Crippen LogP contribution in [0.3, 0.4) is 0 Å². The predicted molar refractivity (Wildman–Crippen MR) is 62.5 cm³/mol. The lowest BCUT2D eigenvalue weighted by molar-refractivity contribution is -0.0125. The molecule has 0 saturated carbocycles. The van der Waals surface area contributed by atoms with Gasteiger partial charge in [0, 0.05) is 11.6 Å². The van der Waals surface area contributed by atoms with Gasteiger partial charge >= 0.3 is 0 Å². The first-order valence-corrected chi connectivity index (χ1v) is 5.77. The van der Waals surface area contributed by atoms with E-state index in [1.54, 1.807) is 0 Å². The Hall–Kier alpha value is -0.0800. The molecule has 2 heteroatoms. The van der Waals surface area contributed by atoms with E-state index in [0.29, 0.717) is 12.0 Å². The smallest absolute Gasteiger partial charge is 0.0615 e. The minimum atomic E-state index is -0.0792. The molecule has 0 rings (SSSR count). The van der Waals surface area contributed by atoms with Crippen molar-refractivity contribution in [3.05, 3.63) is 0 Å². The fraction of sp³-hybridized carbons (Fsp3) is 1.00. The Kier molecular flexibility index (Phi) is 5.68. The van der Waals surface area contributed by atoms with Gasteiger partial charge in [0.1, 0.15) is 0 Å². The zero-order chi connectivity index (χ0) is 11.4. The molecule has 2 nitrogen and oxygen atoms in total. The molecule has 0 aromatic rings. The van der Waals surface area contributed by atoms with Crippen LogP contribution in [0.15, 0.2) is 0 Å². The molecule has 0 fully saturated rings. The Morgan fingerprint density at radius 3 is 1.93 bits per heavy atom. The molecule has 0 spiro atoms. The Balaban J connectivity index is 4.73. The predicted octanol–water partition coefficient (Wildman–Crippen LogP) is 2.51. The largest absolute Gasteiger partial charge is 0.394 e. The Labute approximate surface area is 89.3 Å². The van der Waals surface area contributed by atoms with Gasteiger partial charge in [0.25, 0.3) is 0 Å². The Bertz CT molecular complexity index is 156. The highest BCUT2D eigenvalue weighted by molar-refractivity contribution is 4.90. The van der Waals surface area contributed by atoms with E-state index in [4.69, 9.17) is 0 Å². The molecular formula is C12H27NO. The zero-order valence-corrected chi connectivity index (χ0v) is 10.7. The monoisotopic (exact) mass is 201 g/mol. The van der Waals surface area contributed by atoms with Gasteiger partial charge in [0.05, 0.1) is 6.61 Å². The van der Waals surface area contributed by atoms with Crippen LogP contribution in [0.2, 0.25) is 0 Å². The van der Waals surface area contributed by atoms with E-state index in [2.05, 4.69) is 46.4 Å². The van der Waals surface area contributed by atoms with E-state index in [-0.39, 0.29) is 12.1 Å². The quantitative estimate of drug-likeness (QED) is 0.714. The molecule has 0 amide bonds. The summed E-state index contributed by atoms with van der Waals surface area (Å²) in [7, 11) is 0. The van der Waals surface area contributed by atoms with Gasteiger partial charge in [-0.15, -0.1) is 0 Å². The third-order valence-corrected chi connectivity index (χ3v) is 3.31. The van der Waals surface area contributed by atoms with Crippen LogP contribution in [-0.4, -0.2) is 34.7 Å². The van der Waals surface area contributed by atoms with Crippen LogP contribution in [0, 0.1) is 5.92 Å². The summed E-state index contributed by atoms with van der Waals surface area (Å²) in [5.74, 6) is 0.474. The summed E-state index contributed by atoms with van der Waals surface area (Å²) in [4.78, 5) is 2.41. The minimum absolute atomic E-state index is 0.0792. The van der Waals surface area contributed by atoms with Crippen molar-refractivity contribution >= 4 is 0 Å². The van der Waals surface area contributed by atoms with E-state index < -0.39 is 0 Å². The molecule has 14 heavy (non-hydrogen) atoms. The summed E-state index contributed by atoms with van der Waals surface area (Å²) < 4.78 is 0. The number of aliphatic hydroxyl groups is 1. The molecule has 0 saturated heterocycles. The van der Waals surface area contributed by atoms with Gasteiger partial charge in [0.2, 0.25) is 0 Å². The average molecular weight is 201 g/mol. The summed E-state index contributed by atoms with van der Waals surface area (Å²) in [6.07, 6.45) is 1.14.